The Morgan fingerprint density at radius 1 is 0.778 bits per heavy atom. The van der Waals surface area contributed by atoms with Gasteiger partial charge in [-0.25, -0.2) is 0 Å². The van der Waals surface area contributed by atoms with Crippen LogP contribution in [0.15, 0.2) is 70.9 Å². The van der Waals surface area contributed by atoms with Crippen LogP contribution in [0.5, 0.6) is 11.5 Å². The summed E-state index contributed by atoms with van der Waals surface area (Å²) in [5.41, 5.74) is 8.30. The van der Waals surface area contributed by atoms with Crippen LogP contribution < -0.4 is 5.73 Å². The van der Waals surface area contributed by atoms with Crippen molar-refractivity contribution in [2.75, 3.05) is 5.73 Å². The number of aromatic hydroxyl groups is 2. The summed E-state index contributed by atoms with van der Waals surface area (Å²) >= 11 is 0. The zero-order chi connectivity index (χ0) is 19.0. The first-order valence-corrected chi connectivity index (χ1v) is 8.75. The van der Waals surface area contributed by atoms with Gasteiger partial charge in [-0.15, -0.1) is 10.2 Å². The first-order valence-electron chi connectivity index (χ1n) is 8.75. The number of fused-ring (bicyclic) bond motifs is 2. The summed E-state index contributed by atoms with van der Waals surface area (Å²) < 4.78 is 0. The number of nitrogens with two attached hydrogens (primary N) is 1. The molecule has 0 saturated carbocycles. The molecule has 0 radical (unpaired) electrons. The van der Waals surface area contributed by atoms with Crippen molar-refractivity contribution in [3.8, 4) is 11.5 Å². The van der Waals surface area contributed by atoms with Crippen LogP contribution in [0.1, 0.15) is 12.5 Å². The van der Waals surface area contributed by atoms with Gasteiger partial charge in [0.1, 0.15) is 22.9 Å². The summed E-state index contributed by atoms with van der Waals surface area (Å²) in [7, 11) is 0. The summed E-state index contributed by atoms with van der Waals surface area (Å²) in [5.74, 6) is 0.0864. The van der Waals surface area contributed by atoms with E-state index in [1.807, 2.05) is 49.4 Å². The summed E-state index contributed by atoms with van der Waals surface area (Å²) in [6.07, 6.45) is 0.759. The maximum absolute atomic E-state index is 10.5. The number of aryl methyl sites for hydroxylation is 1. The number of nitrogen functional groups attached to an aromatic ring is 1. The summed E-state index contributed by atoms with van der Waals surface area (Å²) in [6, 6.07) is 18.2. The lowest BCUT2D eigenvalue weighted by Gasteiger charge is -2.10. The Balaban J connectivity index is 1.92. The molecule has 0 saturated heterocycles. The summed E-state index contributed by atoms with van der Waals surface area (Å²) in [5, 5.41) is 32.8. The lowest BCUT2D eigenvalue weighted by Crippen LogP contribution is -1.89. The van der Waals surface area contributed by atoms with Crippen molar-refractivity contribution in [3.63, 3.8) is 0 Å². The number of azo groups is 1. The molecule has 0 aliphatic rings. The SMILES string of the molecule is CCc1cc(O)c(N=Nc2c(O)ccc3ccccc23)c2ccc(N)cc12. The van der Waals surface area contributed by atoms with Gasteiger partial charge in [0.15, 0.2) is 0 Å². The number of phenols is 2. The standard InChI is InChI=1S/C22H19N3O2/c1-2-13-11-20(27)22(17-9-8-15(23)12-18(13)17)25-24-21-16-6-4-3-5-14(16)7-10-19(21)26/h3-12,26-27H,2,23H2,1H3. The molecule has 0 amide bonds. The first-order chi connectivity index (χ1) is 13.1. The minimum atomic E-state index is 0.0377. The molecule has 0 heterocycles. The second kappa shape index (κ2) is 6.61. The number of benzene rings is 4. The topological polar surface area (TPSA) is 91.2 Å². The average Bonchev–Trinajstić information content (AvgIpc) is 2.68. The van der Waals surface area contributed by atoms with Crippen molar-refractivity contribution in [3.05, 3.63) is 66.2 Å². The van der Waals surface area contributed by atoms with Crippen LogP contribution in [0, 0.1) is 0 Å². The molecule has 0 atom stereocenters. The molecule has 0 fully saturated rings. The molecule has 0 bridgehead atoms. The number of phenolic OH excluding ortho intramolecular Hbond substituents is 2. The predicted octanol–water partition coefficient (Wildman–Crippen LogP) is 5.96. The van der Waals surface area contributed by atoms with Crippen LogP contribution in [0.25, 0.3) is 21.5 Å². The number of hydrogen-bond donors (Lipinski definition) is 3. The highest BCUT2D eigenvalue weighted by Gasteiger charge is 2.12. The van der Waals surface area contributed by atoms with Gasteiger partial charge < -0.3 is 15.9 Å². The van der Waals surface area contributed by atoms with E-state index < -0.39 is 0 Å². The molecule has 27 heavy (non-hydrogen) atoms. The monoisotopic (exact) mass is 357 g/mol. The second-order valence-electron chi connectivity index (χ2n) is 6.42. The smallest absolute Gasteiger partial charge is 0.144 e. The fourth-order valence-electron chi connectivity index (χ4n) is 3.33. The van der Waals surface area contributed by atoms with Gasteiger partial charge >= 0.3 is 0 Å². The van der Waals surface area contributed by atoms with Gasteiger partial charge in [-0.3, -0.25) is 0 Å². The Morgan fingerprint density at radius 2 is 1.52 bits per heavy atom. The minimum Gasteiger partial charge on any atom is -0.506 e. The Hall–Kier alpha value is -3.60. The lowest BCUT2D eigenvalue weighted by molar-refractivity contribution is 0.474. The Kier molecular flexibility index (Phi) is 4.12. The van der Waals surface area contributed by atoms with Crippen molar-refractivity contribution in [2.45, 2.75) is 13.3 Å². The minimum absolute atomic E-state index is 0.0377. The lowest BCUT2D eigenvalue weighted by atomic mass is 10.00. The molecule has 0 aromatic heterocycles. The highest BCUT2D eigenvalue weighted by atomic mass is 16.3. The zero-order valence-electron chi connectivity index (χ0n) is 14.8. The highest BCUT2D eigenvalue weighted by molar-refractivity contribution is 5.99. The van der Waals surface area contributed by atoms with Gasteiger partial charge in [-0.1, -0.05) is 37.3 Å². The van der Waals surface area contributed by atoms with E-state index in [2.05, 4.69) is 10.2 Å². The summed E-state index contributed by atoms with van der Waals surface area (Å²) in [6.45, 7) is 2.02. The number of hydrogen-bond acceptors (Lipinski definition) is 5. The van der Waals surface area contributed by atoms with E-state index in [1.165, 1.54) is 0 Å². The normalized spacial score (nSPS) is 11.6. The Labute approximate surface area is 156 Å². The Bertz CT molecular complexity index is 1200. The average molecular weight is 357 g/mol. The molecular weight excluding hydrogens is 338 g/mol. The summed E-state index contributed by atoms with van der Waals surface area (Å²) in [4.78, 5) is 0. The molecular formula is C22H19N3O2. The third-order valence-corrected chi connectivity index (χ3v) is 4.71. The molecule has 5 heteroatoms. The molecule has 4 N–H and O–H groups in total. The van der Waals surface area contributed by atoms with E-state index in [4.69, 9.17) is 5.73 Å². The van der Waals surface area contributed by atoms with Crippen LogP contribution in [-0.2, 0) is 6.42 Å². The van der Waals surface area contributed by atoms with Crippen molar-refractivity contribution in [1.29, 1.82) is 0 Å². The van der Waals surface area contributed by atoms with Crippen molar-refractivity contribution < 1.29 is 10.2 Å². The van der Waals surface area contributed by atoms with E-state index in [-0.39, 0.29) is 11.5 Å². The molecule has 0 unspecified atom stereocenters. The van der Waals surface area contributed by atoms with E-state index >= 15 is 0 Å². The maximum atomic E-state index is 10.5. The van der Waals surface area contributed by atoms with Crippen molar-refractivity contribution in [1.82, 2.24) is 0 Å². The molecule has 0 aliphatic carbocycles. The molecule has 4 aromatic carbocycles. The molecule has 4 aromatic rings. The van der Waals surface area contributed by atoms with Crippen LogP contribution in [0.2, 0.25) is 0 Å². The van der Waals surface area contributed by atoms with Gasteiger partial charge in [0.25, 0.3) is 0 Å². The number of anilines is 1. The van der Waals surface area contributed by atoms with Crippen molar-refractivity contribution >= 4 is 38.6 Å². The molecule has 5 nitrogen and oxygen atoms in total. The Morgan fingerprint density at radius 3 is 2.30 bits per heavy atom. The van der Waals surface area contributed by atoms with Gasteiger partial charge in [-0.2, -0.15) is 0 Å². The largest absolute Gasteiger partial charge is 0.506 e. The molecule has 4 rings (SSSR count). The zero-order valence-corrected chi connectivity index (χ0v) is 14.8. The van der Waals surface area contributed by atoms with Gasteiger partial charge in [0.05, 0.1) is 0 Å². The molecule has 0 aliphatic heterocycles. The van der Waals surface area contributed by atoms with E-state index in [0.717, 1.165) is 33.5 Å². The van der Waals surface area contributed by atoms with Crippen molar-refractivity contribution in [2.24, 2.45) is 10.2 Å². The third-order valence-electron chi connectivity index (χ3n) is 4.71. The predicted molar refractivity (Wildman–Crippen MR) is 109 cm³/mol. The molecule has 134 valence electrons. The third kappa shape index (κ3) is 2.93. The van der Waals surface area contributed by atoms with E-state index in [9.17, 15) is 10.2 Å². The van der Waals surface area contributed by atoms with Crippen LogP contribution >= 0.6 is 0 Å². The van der Waals surface area contributed by atoms with Crippen LogP contribution in [0.3, 0.4) is 0 Å². The quantitative estimate of drug-likeness (QED) is 0.312. The maximum Gasteiger partial charge on any atom is 0.144 e. The highest BCUT2D eigenvalue weighted by Crippen LogP contribution is 2.41. The van der Waals surface area contributed by atoms with Gasteiger partial charge in [-0.05, 0) is 53.1 Å². The van der Waals surface area contributed by atoms with Gasteiger partial charge in [0.2, 0.25) is 0 Å². The number of nitrogens with zero attached hydrogens (tertiary/aromatic N) is 2. The van der Waals surface area contributed by atoms with Gasteiger partial charge in [0, 0.05) is 16.5 Å². The molecule has 0 spiro atoms. The fraction of sp³-hybridized carbons (Fsp3) is 0.0909. The number of rotatable bonds is 3. The van der Waals surface area contributed by atoms with Crippen LogP contribution in [-0.4, -0.2) is 10.2 Å². The van der Waals surface area contributed by atoms with Crippen LogP contribution in [0.4, 0.5) is 17.1 Å². The second-order valence-corrected chi connectivity index (χ2v) is 6.42. The van der Waals surface area contributed by atoms with E-state index in [0.29, 0.717) is 17.1 Å². The fourth-order valence-corrected chi connectivity index (χ4v) is 3.33. The first kappa shape index (κ1) is 16.8. The van der Waals surface area contributed by atoms with E-state index in [1.54, 1.807) is 18.2 Å².